The highest BCUT2D eigenvalue weighted by Crippen LogP contribution is 2.31. The number of carbonyl (C=O) groups is 1. The molecule has 1 fully saturated rings. The summed E-state index contributed by atoms with van der Waals surface area (Å²) in [6, 6.07) is 0. The molecule has 0 N–H and O–H groups in total. The maximum Gasteiger partial charge on any atom is 0.371 e. The third kappa shape index (κ3) is 1.43. The highest BCUT2D eigenvalue weighted by Gasteiger charge is 2.39. The zero-order valence-corrected chi connectivity index (χ0v) is 7.01. The van der Waals surface area contributed by atoms with Crippen molar-refractivity contribution >= 4 is 5.97 Å². The molecule has 0 aromatic heterocycles. The lowest BCUT2D eigenvalue weighted by atomic mass is 9.85. The van der Waals surface area contributed by atoms with Gasteiger partial charge in [0.15, 0.2) is 0 Å². The van der Waals surface area contributed by atoms with Crippen LogP contribution in [0.1, 0.15) is 20.8 Å². The number of rotatable bonds is 0. The summed E-state index contributed by atoms with van der Waals surface area (Å²) < 4.78 is 0. The Kier molecular flexibility index (Phi) is 1.76. The lowest BCUT2D eigenvalue weighted by molar-refractivity contribution is -0.274. The summed E-state index contributed by atoms with van der Waals surface area (Å²) in [6.07, 6.45) is -0.310. The van der Waals surface area contributed by atoms with E-state index in [-0.39, 0.29) is 11.5 Å². The first kappa shape index (κ1) is 8.27. The Bertz CT molecular complexity index is 200. The van der Waals surface area contributed by atoms with Gasteiger partial charge in [0.2, 0.25) is 0 Å². The summed E-state index contributed by atoms with van der Waals surface area (Å²) in [5, 5.41) is 0. The average Bonchev–Trinajstić information content (AvgIpc) is 2.11. The van der Waals surface area contributed by atoms with Gasteiger partial charge in [-0.25, -0.2) is 4.79 Å². The number of hydrogen-bond acceptors (Lipinski definition) is 3. The molecule has 0 radical (unpaired) electrons. The topological polar surface area (TPSA) is 35.5 Å². The van der Waals surface area contributed by atoms with Crippen molar-refractivity contribution in [1.29, 1.82) is 0 Å². The van der Waals surface area contributed by atoms with E-state index in [4.69, 9.17) is 4.89 Å². The van der Waals surface area contributed by atoms with Crippen molar-refractivity contribution in [2.75, 3.05) is 0 Å². The Labute approximate surface area is 65.9 Å². The van der Waals surface area contributed by atoms with Gasteiger partial charge >= 0.3 is 5.97 Å². The molecule has 0 amide bonds. The summed E-state index contributed by atoms with van der Waals surface area (Å²) in [7, 11) is 0. The Morgan fingerprint density at radius 3 is 2.18 bits per heavy atom. The summed E-state index contributed by atoms with van der Waals surface area (Å²) in [5.74, 6) is -0.454. The second-order valence-electron chi connectivity index (χ2n) is 3.74. The third-order valence-electron chi connectivity index (χ3n) is 1.59. The second kappa shape index (κ2) is 2.34. The summed E-state index contributed by atoms with van der Waals surface area (Å²) in [6.45, 7) is 9.47. The van der Waals surface area contributed by atoms with Crippen LogP contribution in [0, 0.1) is 5.41 Å². The van der Waals surface area contributed by atoms with E-state index >= 15 is 0 Å². The molecule has 1 saturated heterocycles. The highest BCUT2D eigenvalue weighted by molar-refractivity contribution is 5.89. The average molecular weight is 156 g/mol. The molecule has 0 spiro atoms. The minimum atomic E-state index is -0.454. The van der Waals surface area contributed by atoms with Crippen LogP contribution in [0.3, 0.4) is 0 Å². The quantitative estimate of drug-likeness (QED) is 0.393. The Balaban J connectivity index is 2.78. The van der Waals surface area contributed by atoms with Crippen LogP contribution in [0.15, 0.2) is 12.2 Å². The van der Waals surface area contributed by atoms with E-state index in [2.05, 4.69) is 11.5 Å². The first-order valence-corrected chi connectivity index (χ1v) is 3.49. The highest BCUT2D eigenvalue weighted by atomic mass is 17.2. The fourth-order valence-corrected chi connectivity index (χ4v) is 0.977. The van der Waals surface area contributed by atoms with Crippen molar-refractivity contribution in [3.8, 4) is 0 Å². The van der Waals surface area contributed by atoms with Gasteiger partial charge in [0.1, 0.15) is 6.10 Å². The molecule has 0 aliphatic carbocycles. The molecule has 1 heterocycles. The van der Waals surface area contributed by atoms with E-state index in [0.29, 0.717) is 5.57 Å². The molecule has 0 bridgehead atoms. The Morgan fingerprint density at radius 1 is 1.45 bits per heavy atom. The molecule has 3 nitrogen and oxygen atoms in total. The van der Waals surface area contributed by atoms with Crippen LogP contribution in [-0.2, 0) is 14.6 Å². The van der Waals surface area contributed by atoms with E-state index in [0.717, 1.165) is 0 Å². The van der Waals surface area contributed by atoms with Crippen LogP contribution in [0.2, 0.25) is 0 Å². The standard InChI is InChI=1S/C8H12O3/c1-5-6(8(2,3)4)10-11-7(5)9/h6H,1H2,2-4H3. The molecule has 0 aromatic carbocycles. The van der Waals surface area contributed by atoms with Gasteiger partial charge in [-0.1, -0.05) is 27.4 Å². The van der Waals surface area contributed by atoms with Gasteiger partial charge in [0.05, 0.1) is 5.57 Å². The van der Waals surface area contributed by atoms with Crippen molar-refractivity contribution in [3.05, 3.63) is 12.2 Å². The number of carbonyl (C=O) groups excluding carboxylic acids is 1. The van der Waals surface area contributed by atoms with Crippen molar-refractivity contribution in [1.82, 2.24) is 0 Å². The van der Waals surface area contributed by atoms with Crippen LogP contribution in [0.4, 0.5) is 0 Å². The summed E-state index contributed by atoms with van der Waals surface area (Å²) in [4.78, 5) is 19.9. The first-order valence-electron chi connectivity index (χ1n) is 3.49. The molecule has 1 atom stereocenters. The van der Waals surface area contributed by atoms with Gasteiger partial charge in [-0.05, 0) is 5.41 Å². The number of hydrogen-bond donors (Lipinski definition) is 0. The van der Waals surface area contributed by atoms with Crippen LogP contribution in [0.5, 0.6) is 0 Å². The van der Waals surface area contributed by atoms with Gasteiger partial charge in [-0.15, -0.1) is 0 Å². The molecule has 0 aromatic rings. The molecule has 1 rings (SSSR count). The van der Waals surface area contributed by atoms with Gasteiger partial charge in [-0.3, -0.25) is 4.89 Å². The molecule has 1 aliphatic heterocycles. The Hall–Kier alpha value is -0.830. The Morgan fingerprint density at radius 2 is 2.00 bits per heavy atom. The van der Waals surface area contributed by atoms with E-state index < -0.39 is 5.97 Å². The van der Waals surface area contributed by atoms with Gasteiger partial charge in [-0.2, -0.15) is 4.89 Å². The molecule has 1 unspecified atom stereocenters. The molecule has 1 aliphatic rings. The molecular formula is C8H12O3. The smallest absolute Gasteiger partial charge is 0.292 e. The van der Waals surface area contributed by atoms with Crippen molar-refractivity contribution in [3.63, 3.8) is 0 Å². The summed E-state index contributed by atoms with van der Waals surface area (Å²) in [5.41, 5.74) is 0.265. The minimum absolute atomic E-state index is 0.136. The van der Waals surface area contributed by atoms with Gasteiger partial charge in [0.25, 0.3) is 0 Å². The monoisotopic (exact) mass is 156 g/mol. The maximum atomic E-state index is 10.8. The normalized spacial score (nSPS) is 25.5. The van der Waals surface area contributed by atoms with E-state index in [1.165, 1.54) is 0 Å². The first-order chi connectivity index (χ1) is 4.93. The molecule has 0 saturated carbocycles. The molecule has 3 heteroatoms. The van der Waals surface area contributed by atoms with E-state index in [1.54, 1.807) is 0 Å². The lowest BCUT2D eigenvalue weighted by Crippen LogP contribution is -2.26. The lowest BCUT2D eigenvalue weighted by Gasteiger charge is -2.22. The largest absolute Gasteiger partial charge is 0.371 e. The third-order valence-corrected chi connectivity index (χ3v) is 1.59. The van der Waals surface area contributed by atoms with Crippen LogP contribution < -0.4 is 0 Å². The van der Waals surface area contributed by atoms with Gasteiger partial charge in [0, 0.05) is 0 Å². The van der Waals surface area contributed by atoms with Crippen LogP contribution >= 0.6 is 0 Å². The van der Waals surface area contributed by atoms with E-state index in [1.807, 2.05) is 20.8 Å². The second-order valence-corrected chi connectivity index (χ2v) is 3.74. The molecular weight excluding hydrogens is 144 g/mol. The predicted octanol–water partition coefficient (Wildman–Crippen LogP) is 1.45. The van der Waals surface area contributed by atoms with Crippen molar-refractivity contribution in [2.45, 2.75) is 26.9 Å². The van der Waals surface area contributed by atoms with Crippen LogP contribution in [-0.4, -0.2) is 12.1 Å². The zero-order valence-electron chi connectivity index (χ0n) is 7.01. The zero-order chi connectivity index (χ0) is 8.65. The maximum absolute atomic E-state index is 10.8. The van der Waals surface area contributed by atoms with Crippen LogP contribution in [0.25, 0.3) is 0 Å². The fourth-order valence-electron chi connectivity index (χ4n) is 0.977. The van der Waals surface area contributed by atoms with Gasteiger partial charge < -0.3 is 0 Å². The fraction of sp³-hybridized carbons (Fsp3) is 0.625. The molecule has 62 valence electrons. The predicted molar refractivity (Wildman–Crippen MR) is 39.6 cm³/mol. The summed E-state index contributed by atoms with van der Waals surface area (Å²) >= 11 is 0. The SMILES string of the molecule is C=C1C(=O)OOC1C(C)(C)C. The molecule has 11 heavy (non-hydrogen) atoms. The van der Waals surface area contributed by atoms with Crippen molar-refractivity contribution < 1.29 is 14.6 Å². The van der Waals surface area contributed by atoms with E-state index in [9.17, 15) is 4.79 Å². The van der Waals surface area contributed by atoms with Crippen molar-refractivity contribution in [2.24, 2.45) is 5.41 Å². The minimum Gasteiger partial charge on any atom is -0.292 e.